The zero-order valence-electron chi connectivity index (χ0n) is 23.2. The molecule has 1 fully saturated rings. The maximum absolute atomic E-state index is 13.7. The number of benzene rings is 2. The van der Waals surface area contributed by atoms with E-state index in [1.165, 1.54) is 0 Å². The minimum Gasteiger partial charge on any atom is -0.497 e. The molecule has 0 bridgehead atoms. The number of amides is 1. The van der Waals surface area contributed by atoms with Crippen LogP contribution in [0.25, 0.3) is 17.3 Å². The zero-order chi connectivity index (χ0) is 28.9. The van der Waals surface area contributed by atoms with Gasteiger partial charge in [0.25, 0.3) is 5.91 Å². The maximum Gasteiger partial charge on any atom is 0.320 e. The normalized spacial score (nSPS) is 16.8. The number of carbonyl (C=O) groups excluding carboxylic acids is 2. The van der Waals surface area contributed by atoms with Gasteiger partial charge in [0.2, 0.25) is 0 Å². The molecule has 3 heterocycles. The predicted octanol–water partition coefficient (Wildman–Crippen LogP) is 5.24. The van der Waals surface area contributed by atoms with Crippen molar-refractivity contribution in [1.29, 1.82) is 0 Å². The summed E-state index contributed by atoms with van der Waals surface area (Å²) in [5.41, 5.74) is 7.20. The Hall–Kier alpha value is -3.37. The molecule has 11 heteroatoms. The smallest absolute Gasteiger partial charge is 0.320 e. The number of halogens is 2. The minimum atomic E-state index is -0.327. The van der Waals surface area contributed by atoms with Crippen LogP contribution in [0.5, 0.6) is 5.75 Å². The van der Waals surface area contributed by atoms with Crippen molar-refractivity contribution in [3.63, 3.8) is 0 Å². The Bertz CT molecular complexity index is 1450. The number of rotatable bonds is 8. The SMILES string of the molecule is CCOC(=O)CN1CC(=Cc2ccc(OC)cc2)c2c(c(C(=O)NN3CCCCC3)nn2-c2ccc(Cl)cc2Cl)C1. The molecule has 216 valence electrons. The fraction of sp³-hybridized carbons (Fsp3) is 0.367. The van der Waals surface area contributed by atoms with E-state index in [0.717, 1.165) is 54.9 Å². The molecule has 3 aromatic rings. The third-order valence-electron chi connectivity index (χ3n) is 7.15. The molecular weight excluding hydrogens is 565 g/mol. The highest BCUT2D eigenvalue weighted by Crippen LogP contribution is 2.36. The second-order valence-electron chi connectivity index (χ2n) is 10.1. The number of aromatic nitrogens is 2. The molecule has 0 aliphatic carbocycles. The van der Waals surface area contributed by atoms with Gasteiger partial charge in [-0.15, -0.1) is 0 Å². The third-order valence-corrected chi connectivity index (χ3v) is 7.68. The van der Waals surface area contributed by atoms with Crippen LogP contribution in [-0.2, 0) is 16.1 Å². The lowest BCUT2D eigenvalue weighted by Gasteiger charge is -2.29. The molecule has 0 unspecified atom stereocenters. The van der Waals surface area contributed by atoms with E-state index < -0.39 is 0 Å². The molecule has 2 aliphatic rings. The summed E-state index contributed by atoms with van der Waals surface area (Å²) in [5.74, 6) is 0.121. The molecule has 2 aromatic carbocycles. The number of carbonyl (C=O) groups is 2. The lowest BCUT2D eigenvalue weighted by Crippen LogP contribution is -2.45. The lowest BCUT2D eigenvalue weighted by molar-refractivity contribution is -0.144. The highest BCUT2D eigenvalue weighted by Gasteiger charge is 2.33. The van der Waals surface area contributed by atoms with Crippen LogP contribution in [0.3, 0.4) is 0 Å². The Labute approximate surface area is 249 Å². The van der Waals surface area contributed by atoms with E-state index in [1.807, 2.05) is 40.3 Å². The van der Waals surface area contributed by atoms with E-state index in [0.29, 0.717) is 41.0 Å². The number of esters is 1. The number of nitrogens with zero attached hydrogens (tertiary/aromatic N) is 4. The van der Waals surface area contributed by atoms with Crippen LogP contribution in [0, 0.1) is 0 Å². The van der Waals surface area contributed by atoms with Gasteiger partial charge in [0, 0.05) is 36.8 Å². The van der Waals surface area contributed by atoms with Crippen molar-refractivity contribution in [3.05, 3.63) is 75.0 Å². The highest BCUT2D eigenvalue weighted by molar-refractivity contribution is 6.35. The molecule has 0 saturated carbocycles. The fourth-order valence-electron chi connectivity index (χ4n) is 5.25. The van der Waals surface area contributed by atoms with Crippen LogP contribution < -0.4 is 10.2 Å². The summed E-state index contributed by atoms with van der Waals surface area (Å²) in [6, 6.07) is 12.9. The number of nitrogens with one attached hydrogen (secondary N) is 1. The van der Waals surface area contributed by atoms with Crippen LogP contribution in [-0.4, -0.2) is 71.5 Å². The second-order valence-corrected chi connectivity index (χ2v) is 10.9. The first kappa shape index (κ1) is 29.1. The van der Waals surface area contributed by atoms with E-state index in [-0.39, 0.29) is 24.1 Å². The first-order valence-electron chi connectivity index (χ1n) is 13.7. The van der Waals surface area contributed by atoms with Gasteiger partial charge >= 0.3 is 5.97 Å². The van der Waals surface area contributed by atoms with Gasteiger partial charge < -0.3 is 9.47 Å². The first-order chi connectivity index (χ1) is 19.9. The van der Waals surface area contributed by atoms with Gasteiger partial charge in [0.1, 0.15) is 5.75 Å². The number of hydrogen-bond donors (Lipinski definition) is 1. The van der Waals surface area contributed by atoms with Crippen molar-refractivity contribution in [2.24, 2.45) is 0 Å². The van der Waals surface area contributed by atoms with Crippen molar-refractivity contribution >= 4 is 46.7 Å². The fourth-order valence-corrected chi connectivity index (χ4v) is 5.74. The molecule has 41 heavy (non-hydrogen) atoms. The molecule has 1 N–H and O–H groups in total. The van der Waals surface area contributed by atoms with Gasteiger partial charge in [-0.05, 0) is 67.3 Å². The van der Waals surface area contributed by atoms with Gasteiger partial charge in [-0.1, -0.05) is 41.8 Å². The minimum absolute atomic E-state index is 0.0767. The summed E-state index contributed by atoms with van der Waals surface area (Å²) in [6.07, 6.45) is 5.22. The highest BCUT2D eigenvalue weighted by atomic mass is 35.5. The van der Waals surface area contributed by atoms with Crippen LogP contribution in [0.4, 0.5) is 0 Å². The van der Waals surface area contributed by atoms with Gasteiger partial charge in [-0.3, -0.25) is 19.9 Å². The van der Waals surface area contributed by atoms with E-state index in [4.69, 9.17) is 37.8 Å². The van der Waals surface area contributed by atoms with Gasteiger partial charge in [-0.2, -0.15) is 5.10 Å². The molecule has 0 spiro atoms. The van der Waals surface area contributed by atoms with Crippen molar-refractivity contribution in [2.75, 3.05) is 39.9 Å². The number of piperidine rings is 1. The molecular formula is C30H33Cl2N5O4. The average Bonchev–Trinajstić information content (AvgIpc) is 3.34. The zero-order valence-corrected chi connectivity index (χ0v) is 24.7. The Balaban J connectivity index is 1.64. The van der Waals surface area contributed by atoms with Crippen molar-refractivity contribution in [1.82, 2.24) is 25.1 Å². The first-order valence-corrected chi connectivity index (χ1v) is 14.5. The molecule has 9 nitrogen and oxygen atoms in total. The quantitative estimate of drug-likeness (QED) is 0.355. The van der Waals surface area contributed by atoms with Gasteiger partial charge in [-0.25, -0.2) is 9.69 Å². The predicted molar refractivity (Wildman–Crippen MR) is 159 cm³/mol. The molecule has 1 amide bonds. The van der Waals surface area contributed by atoms with Crippen LogP contribution in [0.1, 0.15) is 53.5 Å². The van der Waals surface area contributed by atoms with Gasteiger partial charge in [0.15, 0.2) is 5.69 Å². The number of hydrogen-bond acceptors (Lipinski definition) is 7. The van der Waals surface area contributed by atoms with Crippen molar-refractivity contribution in [3.8, 4) is 11.4 Å². The van der Waals surface area contributed by atoms with E-state index >= 15 is 0 Å². The van der Waals surface area contributed by atoms with E-state index in [1.54, 1.807) is 36.9 Å². The average molecular weight is 599 g/mol. The number of ether oxygens (including phenoxy) is 2. The summed E-state index contributed by atoms with van der Waals surface area (Å²) in [7, 11) is 1.62. The molecule has 5 rings (SSSR count). The van der Waals surface area contributed by atoms with E-state index in [9.17, 15) is 9.59 Å². The van der Waals surface area contributed by atoms with Crippen LogP contribution in [0.15, 0.2) is 42.5 Å². The Kier molecular flexibility index (Phi) is 9.29. The monoisotopic (exact) mass is 597 g/mol. The molecule has 0 radical (unpaired) electrons. The standard InChI is InChI=1S/C30H33Cl2N5O4/c1-3-41-27(38)19-35-17-21(15-20-7-10-23(40-2)11-8-20)29-24(18-35)28(30(39)34-36-13-5-4-6-14-36)33-37(29)26-12-9-22(31)16-25(26)32/h7-12,15-16H,3-6,13-14,17-19H2,1-2H3,(H,34,39). The Morgan fingerprint density at radius 1 is 1.05 bits per heavy atom. The third kappa shape index (κ3) is 6.76. The largest absolute Gasteiger partial charge is 0.497 e. The topological polar surface area (TPSA) is 88.9 Å². The number of methoxy groups -OCH3 is 1. The van der Waals surface area contributed by atoms with Gasteiger partial charge in [0.05, 0.1) is 36.7 Å². The lowest BCUT2D eigenvalue weighted by atomic mass is 9.97. The van der Waals surface area contributed by atoms with Crippen LogP contribution in [0.2, 0.25) is 10.0 Å². The maximum atomic E-state index is 13.7. The Morgan fingerprint density at radius 3 is 2.49 bits per heavy atom. The molecule has 2 aliphatic heterocycles. The molecule has 0 atom stereocenters. The summed E-state index contributed by atoms with van der Waals surface area (Å²) in [6.45, 7) is 4.49. The van der Waals surface area contributed by atoms with Crippen LogP contribution >= 0.6 is 23.2 Å². The second kappa shape index (κ2) is 13.1. The summed E-state index contributed by atoms with van der Waals surface area (Å²) < 4.78 is 12.3. The summed E-state index contributed by atoms with van der Waals surface area (Å²) in [5, 5.41) is 7.68. The molecule has 1 saturated heterocycles. The number of hydrazine groups is 1. The summed E-state index contributed by atoms with van der Waals surface area (Å²) in [4.78, 5) is 28.2. The Morgan fingerprint density at radius 2 is 1.80 bits per heavy atom. The molecule has 1 aromatic heterocycles. The van der Waals surface area contributed by atoms with E-state index in [2.05, 4.69) is 5.43 Å². The van der Waals surface area contributed by atoms with Crippen molar-refractivity contribution in [2.45, 2.75) is 32.7 Å². The number of fused-ring (bicyclic) bond motifs is 1. The summed E-state index contributed by atoms with van der Waals surface area (Å²) >= 11 is 12.9. The van der Waals surface area contributed by atoms with Crippen molar-refractivity contribution < 1.29 is 19.1 Å².